The van der Waals surface area contributed by atoms with E-state index in [2.05, 4.69) is 37.1 Å². The van der Waals surface area contributed by atoms with Crippen LogP contribution < -0.4 is 10.6 Å². The second kappa shape index (κ2) is 7.67. The molecule has 0 aliphatic carbocycles. The lowest BCUT2D eigenvalue weighted by Gasteiger charge is -2.24. The normalized spacial score (nSPS) is 12.5. The summed E-state index contributed by atoms with van der Waals surface area (Å²) in [7, 11) is 2.05. The fraction of sp³-hybridized carbons (Fsp3) is 0.571. The van der Waals surface area contributed by atoms with Gasteiger partial charge in [0.05, 0.1) is 6.10 Å². The predicted molar refractivity (Wildman–Crippen MR) is 80.3 cm³/mol. The van der Waals surface area contributed by atoms with E-state index in [1.807, 2.05) is 18.7 Å². The summed E-state index contributed by atoms with van der Waals surface area (Å²) in [5.74, 6) is 1.05. The van der Waals surface area contributed by atoms with E-state index in [-0.39, 0.29) is 6.10 Å². The van der Waals surface area contributed by atoms with Crippen LogP contribution in [0.4, 0.5) is 5.69 Å². The summed E-state index contributed by atoms with van der Waals surface area (Å²) in [6.07, 6.45) is 0.507. The quantitative estimate of drug-likeness (QED) is 0.746. The highest BCUT2D eigenvalue weighted by Gasteiger charge is 2.11. The van der Waals surface area contributed by atoms with E-state index >= 15 is 0 Å². The van der Waals surface area contributed by atoms with Gasteiger partial charge in [-0.25, -0.2) is 0 Å². The van der Waals surface area contributed by atoms with Gasteiger partial charge in [0.25, 0.3) is 0 Å². The monoisotopic (exact) mass is 268 g/mol. The molecule has 1 aromatic rings. The molecule has 0 fully saturated rings. The highest BCUT2D eigenvalue weighted by molar-refractivity contribution is 7.99. The number of nitrogens with zero attached hydrogens (tertiary/aromatic N) is 1. The average molecular weight is 268 g/mol. The molecule has 3 N–H and O–H groups in total. The highest BCUT2D eigenvalue weighted by atomic mass is 32.2. The smallest absolute Gasteiger partial charge is 0.0528 e. The molecule has 0 radical (unpaired) electrons. The molecule has 18 heavy (non-hydrogen) atoms. The molecule has 0 heterocycles. The number of nitrogens with two attached hydrogens (primary N) is 1. The first kappa shape index (κ1) is 15.3. The third-order valence-corrected chi connectivity index (χ3v) is 3.89. The lowest BCUT2D eigenvalue weighted by atomic mass is 10.1. The van der Waals surface area contributed by atoms with Crippen molar-refractivity contribution in [3.8, 4) is 0 Å². The van der Waals surface area contributed by atoms with Gasteiger partial charge in [-0.1, -0.05) is 13.0 Å². The number of rotatable bonds is 7. The maximum Gasteiger partial charge on any atom is 0.0528 e. The van der Waals surface area contributed by atoms with Crippen molar-refractivity contribution in [2.75, 3.05) is 24.2 Å². The van der Waals surface area contributed by atoms with Crippen LogP contribution in [0.5, 0.6) is 0 Å². The van der Waals surface area contributed by atoms with Gasteiger partial charge in [0.1, 0.15) is 0 Å². The first-order valence-electron chi connectivity index (χ1n) is 6.44. The zero-order valence-corrected chi connectivity index (χ0v) is 12.3. The molecule has 4 heteroatoms. The van der Waals surface area contributed by atoms with Crippen molar-refractivity contribution < 1.29 is 5.11 Å². The Morgan fingerprint density at radius 3 is 2.72 bits per heavy atom. The van der Waals surface area contributed by atoms with Gasteiger partial charge in [-0.2, -0.15) is 0 Å². The van der Waals surface area contributed by atoms with Crippen LogP contribution >= 0.6 is 11.8 Å². The number of hydrogen-bond donors (Lipinski definition) is 2. The van der Waals surface area contributed by atoms with Crippen LogP contribution in [0.1, 0.15) is 25.8 Å². The van der Waals surface area contributed by atoms with Crippen molar-refractivity contribution in [1.82, 2.24) is 0 Å². The van der Waals surface area contributed by atoms with Gasteiger partial charge >= 0.3 is 0 Å². The van der Waals surface area contributed by atoms with E-state index in [9.17, 15) is 5.11 Å². The van der Waals surface area contributed by atoms with Crippen LogP contribution in [0.2, 0.25) is 0 Å². The fourth-order valence-corrected chi connectivity index (χ4v) is 2.76. The minimum Gasteiger partial charge on any atom is -0.393 e. The number of aliphatic hydroxyl groups excluding tert-OH is 1. The molecule has 0 bridgehead atoms. The minimum atomic E-state index is -0.262. The summed E-state index contributed by atoms with van der Waals surface area (Å²) in [6.45, 7) is 5.36. The van der Waals surface area contributed by atoms with Crippen molar-refractivity contribution in [2.24, 2.45) is 5.73 Å². The second-order valence-corrected chi connectivity index (χ2v) is 5.76. The van der Waals surface area contributed by atoms with Crippen LogP contribution in [0.3, 0.4) is 0 Å². The largest absolute Gasteiger partial charge is 0.393 e. The van der Waals surface area contributed by atoms with Crippen LogP contribution in [-0.4, -0.2) is 30.6 Å². The van der Waals surface area contributed by atoms with E-state index in [0.29, 0.717) is 6.54 Å². The Hall–Kier alpha value is -0.710. The lowest BCUT2D eigenvalue weighted by molar-refractivity contribution is 0.187. The molecule has 0 aliphatic rings. The average Bonchev–Trinajstić information content (AvgIpc) is 2.36. The summed E-state index contributed by atoms with van der Waals surface area (Å²) in [5, 5.41) is 9.36. The number of anilines is 1. The summed E-state index contributed by atoms with van der Waals surface area (Å²) in [4.78, 5) is 3.44. The van der Waals surface area contributed by atoms with Gasteiger partial charge in [-0.15, -0.1) is 11.8 Å². The molecule has 0 saturated heterocycles. The first-order valence-corrected chi connectivity index (χ1v) is 7.42. The topological polar surface area (TPSA) is 49.5 Å². The highest BCUT2D eigenvalue weighted by Crippen LogP contribution is 2.30. The second-order valence-electron chi connectivity index (χ2n) is 4.45. The zero-order chi connectivity index (χ0) is 13.5. The van der Waals surface area contributed by atoms with Crippen molar-refractivity contribution in [3.05, 3.63) is 23.8 Å². The molecule has 1 atom stereocenters. The molecule has 0 spiro atoms. The third kappa shape index (κ3) is 4.19. The van der Waals surface area contributed by atoms with Crippen molar-refractivity contribution in [1.29, 1.82) is 0 Å². The standard InChI is InChI=1S/C14H24N2OS/c1-4-18-14-7-5-6-13(12(14)10-15)16(3)9-8-11(2)17/h5-7,11,17H,4,8-10,15H2,1-3H3. The van der Waals surface area contributed by atoms with Crippen LogP contribution in [0.25, 0.3) is 0 Å². The SMILES string of the molecule is CCSc1cccc(N(C)CCC(C)O)c1CN. The Kier molecular flexibility index (Phi) is 6.54. The van der Waals surface area contributed by atoms with Gasteiger partial charge in [0, 0.05) is 36.3 Å². The number of hydrogen-bond acceptors (Lipinski definition) is 4. The maximum absolute atomic E-state index is 9.36. The number of benzene rings is 1. The molecule has 1 unspecified atom stereocenters. The van der Waals surface area contributed by atoms with Crippen molar-refractivity contribution >= 4 is 17.4 Å². The molecule has 0 amide bonds. The minimum absolute atomic E-state index is 0.262. The van der Waals surface area contributed by atoms with Gasteiger partial charge in [-0.05, 0) is 31.2 Å². The molecule has 3 nitrogen and oxygen atoms in total. The summed E-state index contributed by atoms with van der Waals surface area (Å²) in [5.41, 5.74) is 8.27. The Balaban J connectivity index is 2.89. The molecule has 1 rings (SSSR count). The van der Waals surface area contributed by atoms with E-state index in [1.54, 1.807) is 0 Å². The van der Waals surface area contributed by atoms with Gasteiger partial charge < -0.3 is 15.7 Å². The lowest BCUT2D eigenvalue weighted by Crippen LogP contribution is -2.23. The van der Waals surface area contributed by atoms with Gasteiger partial charge in [-0.3, -0.25) is 0 Å². The third-order valence-electron chi connectivity index (χ3n) is 2.91. The molecular weight excluding hydrogens is 244 g/mol. The molecule has 0 aromatic heterocycles. The zero-order valence-electron chi connectivity index (χ0n) is 11.5. The van der Waals surface area contributed by atoms with E-state index in [1.165, 1.54) is 16.1 Å². The van der Waals surface area contributed by atoms with E-state index in [0.717, 1.165) is 18.7 Å². The molecule has 0 saturated carbocycles. The van der Waals surface area contributed by atoms with E-state index in [4.69, 9.17) is 5.73 Å². The van der Waals surface area contributed by atoms with Gasteiger partial charge in [0.15, 0.2) is 0 Å². The Morgan fingerprint density at radius 2 is 2.17 bits per heavy atom. The summed E-state index contributed by atoms with van der Waals surface area (Å²) >= 11 is 1.83. The predicted octanol–water partition coefficient (Wildman–Crippen LogP) is 2.46. The van der Waals surface area contributed by atoms with E-state index < -0.39 is 0 Å². The first-order chi connectivity index (χ1) is 8.60. The molecular formula is C14H24N2OS. The maximum atomic E-state index is 9.36. The Labute approximate surface area is 114 Å². The Bertz CT molecular complexity index is 369. The number of thioether (sulfide) groups is 1. The van der Waals surface area contributed by atoms with Crippen molar-refractivity contribution in [3.63, 3.8) is 0 Å². The van der Waals surface area contributed by atoms with Crippen molar-refractivity contribution in [2.45, 2.75) is 37.8 Å². The summed E-state index contributed by atoms with van der Waals surface area (Å²) < 4.78 is 0. The summed E-state index contributed by atoms with van der Waals surface area (Å²) in [6, 6.07) is 6.30. The van der Waals surface area contributed by atoms with Crippen LogP contribution in [0, 0.1) is 0 Å². The number of aliphatic hydroxyl groups is 1. The molecule has 102 valence electrons. The van der Waals surface area contributed by atoms with Gasteiger partial charge in [0.2, 0.25) is 0 Å². The Morgan fingerprint density at radius 1 is 1.44 bits per heavy atom. The molecule has 0 aliphatic heterocycles. The molecule has 1 aromatic carbocycles. The van der Waals surface area contributed by atoms with Crippen LogP contribution in [0.15, 0.2) is 23.1 Å². The van der Waals surface area contributed by atoms with Crippen LogP contribution in [-0.2, 0) is 6.54 Å². The fourth-order valence-electron chi connectivity index (χ4n) is 1.91.